The Morgan fingerprint density at radius 1 is 1.33 bits per heavy atom. The molecular weight excluding hydrogens is 228 g/mol. The summed E-state index contributed by atoms with van der Waals surface area (Å²) < 4.78 is 7.40. The first kappa shape index (κ1) is 14.8. The van der Waals surface area contributed by atoms with Gasteiger partial charge in [-0.05, 0) is 19.8 Å². The van der Waals surface area contributed by atoms with Crippen molar-refractivity contribution in [2.45, 2.75) is 39.7 Å². The van der Waals surface area contributed by atoms with Crippen molar-refractivity contribution in [3.63, 3.8) is 0 Å². The first-order valence-electron chi connectivity index (χ1n) is 6.49. The van der Waals surface area contributed by atoms with Crippen LogP contribution < -0.4 is 10.6 Å². The Bertz CT molecular complexity index is 385. The van der Waals surface area contributed by atoms with E-state index in [1.165, 1.54) is 0 Å². The lowest BCUT2D eigenvalue weighted by molar-refractivity contribution is 0.0845. The lowest BCUT2D eigenvalue weighted by Crippen LogP contribution is -2.26. The first-order chi connectivity index (χ1) is 8.34. The third-order valence-electron chi connectivity index (χ3n) is 2.87. The molecule has 0 unspecified atom stereocenters. The van der Waals surface area contributed by atoms with Crippen molar-refractivity contribution in [3.05, 3.63) is 5.69 Å². The predicted octanol–water partition coefficient (Wildman–Crippen LogP) is 1.99. The van der Waals surface area contributed by atoms with Crippen LogP contribution in [0.1, 0.15) is 39.3 Å². The van der Waals surface area contributed by atoms with Crippen LogP contribution in [0, 0.1) is 0 Å². The van der Waals surface area contributed by atoms with Crippen LogP contribution in [-0.2, 0) is 11.8 Å². The van der Waals surface area contributed by atoms with E-state index in [2.05, 4.69) is 23.8 Å². The van der Waals surface area contributed by atoms with Gasteiger partial charge in [0.1, 0.15) is 5.82 Å². The van der Waals surface area contributed by atoms with E-state index in [4.69, 9.17) is 10.5 Å². The summed E-state index contributed by atoms with van der Waals surface area (Å²) >= 11 is 0. The second-order valence-corrected chi connectivity index (χ2v) is 5.24. The minimum Gasteiger partial charge on any atom is -0.394 e. The van der Waals surface area contributed by atoms with Crippen LogP contribution in [0.5, 0.6) is 0 Å². The number of aromatic nitrogens is 2. The van der Waals surface area contributed by atoms with E-state index in [0.717, 1.165) is 23.7 Å². The van der Waals surface area contributed by atoms with E-state index < -0.39 is 0 Å². The molecule has 1 aromatic rings. The molecular formula is C13H26N4O. The molecule has 0 atom stereocenters. The van der Waals surface area contributed by atoms with Gasteiger partial charge in [0.05, 0.1) is 24.1 Å². The van der Waals surface area contributed by atoms with Gasteiger partial charge >= 0.3 is 0 Å². The maximum Gasteiger partial charge on any atom is 0.150 e. The van der Waals surface area contributed by atoms with E-state index in [1.54, 1.807) is 0 Å². The van der Waals surface area contributed by atoms with Crippen molar-refractivity contribution in [1.29, 1.82) is 0 Å². The fourth-order valence-electron chi connectivity index (χ4n) is 1.96. The van der Waals surface area contributed by atoms with Gasteiger partial charge in [0.25, 0.3) is 0 Å². The van der Waals surface area contributed by atoms with Gasteiger partial charge in [-0.25, -0.2) is 0 Å². The minimum atomic E-state index is 0.258. The van der Waals surface area contributed by atoms with E-state index in [0.29, 0.717) is 12.5 Å². The summed E-state index contributed by atoms with van der Waals surface area (Å²) in [5, 5.41) is 4.48. The Hall–Kier alpha value is -1.23. The third kappa shape index (κ3) is 3.38. The van der Waals surface area contributed by atoms with E-state index in [1.807, 2.05) is 32.6 Å². The summed E-state index contributed by atoms with van der Waals surface area (Å²) in [4.78, 5) is 2.09. The fraction of sp³-hybridized carbons (Fsp3) is 0.769. The molecule has 104 valence electrons. The maximum atomic E-state index is 6.17. The molecule has 1 rings (SSSR count). The Morgan fingerprint density at radius 3 is 2.39 bits per heavy atom. The second-order valence-electron chi connectivity index (χ2n) is 5.24. The van der Waals surface area contributed by atoms with Crippen molar-refractivity contribution < 1.29 is 4.74 Å². The van der Waals surface area contributed by atoms with Gasteiger partial charge in [-0.1, -0.05) is 13.8 Å². The number of hydrogen-bond donors (Lipinski definition) is 1. The van der Waals surface area contributed by atoms with Gasteiger partial charge in [-0.3, -0.25) is 4.68 Å². The third-order valence-corrected chi connectivity index (χ3v) is 2.87. The number of aryl methyl sites for hydroxylation is 1. The van der Waals surface area contributed by atoms with Crippen molar-refractivity contribution >= 4 is 11.5 Å². The van der Waals surface area contributed by atoms with Gasteiger partial charge in [-0.2, -0.15) is 5.10 Å². The highest BCUT2D eigenvalue weighted by Crippen LogP contribution is 2.29. The summed E-state index contributed by atoms with van der Waals surface area (Å²) in [6, 6.07) is 0. The molecule has 0 aliphatic rings. The smallest absolute Gasteiger partial charge is 0.150 e. The molecule has 0 aliphatic heterocycles. The second kappa shape index (κ2) is 6.09. The minimum absolute atomic E-state index is 0.258. The maximum absolute atomic E-state index is 6.17. The van der Waals surface area contributed by atoms with Gasteiger partial charge in [0, 0.05) is 20.6 Å². The number of likely N-dealkylation sites (N-methyl/N-ethyl adjacent to an activating group) is 1. The predicted molar refractivity (Wildman–Crippen MR) is 76.1 cm³/mol. The Kier molecular flexibility index (Phi) is 5.02. The quantitative estimate of drug-likeness (QED) is 0.843. The Morgan fingerprint density at radius 2 is 1.94 bits per heavy atom. The van der Waals surface area contributed by atoms with Crippen LogP contribution in [0.4, 0.5) is 11.5 Å². The largest absolute Gasteiger partial charge is 0.394 e. The normalized spacial score (nSPS) is 11.6. The van der Waals surface area contributed by atoms with Crippen molar-refractivity contribution in [2.75, 3.05) is 30.8 Å². The fourth-order valence-corrected chi connectivity index (χ4v) is 1.96. The molecule has 0 aromatic carbocycles. The summed E-state index contributed by atoms with van der Waals surface area (Å²) in [5.41, 5.74) is 7.91. The molecule has 1 heterocycles. The van der Waals surface area contributed by atoms with Crippen LogP contribution in [-0.4, -0.2) is 36.1 Å². The zero-order chi connectivity index (χ0) is 13.9. The molecule has 0 fully saturated rings. The lowest BCUT2D eigenvalue weighted by atomic mass is 10.1. The molecule has 0 saturated heterocycles. The first-order valence-corrected chi connectivity index (χ1v) is 6.49. The van der Waals surface area contributed by atoms with Gasteiger partial charge in [0.15, 0.2) is 0 Å². The van der Waals surface area contributed by atoms with E-state index >= 15 is 0 Å². The van der Waals surface area contributed by atoms with Crippen LogP contribution in [0.3, 0.4) is 0 Å². The van der Waals surface area contributed by atoms with Gasteiger partial charge in [0.2, 0.25) is 0 Å². The molecule has 5 heteroatoms. The molecule has 0 amide bonds. The van der Waals surface area contributed by atoms with Crippen LogP contribution in [0.2, 0.25) is 0 Å². The summed E-state index contributed by atoms with van der Waals surface area (Å²) in [7, 11) is 3.94. The number of nitrogens with zero attached hydrogens (tertiary/aromatic N) is 3. The summed E-state index contributed by atoms with van der Waals surface area (Å²) in [6.07, 6.45) is 0.258. The molecule has 0 spiro atoms. The Labute approximate surface area is 110 Å². The zero-order valence-corrected chi connectivity index (χ0v) is 12.4. The van der Waals surface area contributed by atoms with E-state index in [-0.39, 0.29) is 6.10 Å². The van der Waals surface area contributed by atoms with Crippen molar-refractivity contribution in [3.8, 4) is 0 Å². The molecule has 18 heavy (non-hydrogen) atoms. The monoisotopic (exact) mass is 254 g/mol. The van der Waals surface area contributed by atoms with Crippen LogP contribution in [0.25, 0.3) is 0 Å². The SMILES string of the molecule is CC(C)OCCN(C)c1c(N)c(C(C)C)nn1C. The average Bonchev–Trinajstić information content (AvgIpc) is 2.53. The highest BCUT2D eigenvalue weighted by atomic mass is 16.5. The number of ether oxygens (including phenoxy) is 1. The Balaban J connectivity index is 2.76. The van der Waals surface area contributed by atoms with Gasteiger partial charge < -0.3 is 15.4 Å². The topological polar surface area (TPSA) is 56.3 Å². The van der Waals surface area contributed by atoms with Crippen LogP contribution in [0.15, 0.2) is 0 Å². The van der Waals surface area contributed by atoms with Gasteiger partial charge in [-0.15, -0.1) is 0 Å². The molecule has 0 saturated carbocycles. The summed E-state index contributed by atoms with van der Waals surface area (Å²) in [6.45, 7) is 9.77. The highest BCUT2D eigenvalue weighted by molar-refractivity contribution is 5.66. The van der Waals surface area contributed by atoms with Crippen molar-refractivity contribution in [1.82, 2.24) is 9.78 Å². The molecule has 5 nitrogen and oxygen atoms in total. The number of nitrogen functional groups attached to an aromatic ring is 1. The molecule has 1 aromatic heterocycles. The van der Waals surface area contributed by atoms with E-state index in [9.17, 15) is 0 Å². The van der Waals surface area contributed by atoms with Crippen LogP contribution >= 0.6 is 0 Å². The van der Waals surface area contributed by atoms with Crippen molar-refractivity contribution in [2.24, 2.45) is 7.05 Å². The molecule has 0 bridgehead atoms. The zero-order valence-electron chi connectivity index (χ0n) is 12.4. The lowest BCUT2D eigenvalue weighted by Gasteiger charge is -2.20. The number of anilines is 2. The standard InChI is InChI=1S/C13H26N4O/c1-9(2)12-11(14)13(17(6)15-12)16(5)7-8-18-10(3)4/h9-10H,7-8,14H2,1-6H3. The number of nitrogens with two attached hydrogens (primary N) is 1. The summed E-state index contributed by atoms with van der Waals surface area (Å²) in [5.74, 6) is 1.30. The highest BCUT2D eigenvalue weighted by Gasteiger charge is 2.18. The molecule has 0 radical (unpaired) electrons. The molecule has 2 N–H and O–H groups in total. The molecule has 0 aliphatic carbocycles. The number of hydrogen-bond acceptors (Lipinski definition) is 4. The number of rotatable bonds is 6. The average molecular weight is 254 g/mol.